The van der Waals surface area contributed by atoms with Gasteiger partial charge in [0.05, 0.1) is 0 Å². The Kier molecular flexibility index (Phi) is 10.1. The fourth-order valence-corrected chi connectivity index (χ4v) is 4.17. The average molecular weight is 262 g/mol. The zero-order valence-corrected chi connectivity index (χ0v) is 12.7. The quantitative estimate of drug-likeness (QED) is 0.559. The van der Waals surface area contributed by atoms with Crippen LogP contribution in [0.5, 0.6) is 0 Å². The van der Waals surface area contributed by atoms with Gasteiger partial charge < -0.3 is 20.3 Å². The average Bonchev–Trinajstić information content (AvgIpc) is 2.32. The molecule has 0 aromatic carbocycles. The van der Waals surface area contributed by atoms with E-state index in [1.54, 1.807) is 0 Å². The molecule has 0 aliphatic rings. The lowest BCUT2D eigenvalue weighted by Crippen LogP contribution is -2.41. The molecular formula is C12H30N2O2Si. The Bertz CT molecular complexity index is 174. The lowest BCUT2D eigenvalue weighted by molar-refractivity contribution is 0.172. The highest BCUT2D eigenvalue weighted by Gasteiger charge is 2.31. The summed E-state index contributed by atoms with van der Waals surface area (Å²) in [4.78, 5) is 0. The molecule has 0 aliphatic heterocycles. The molecule has 0 radical (unpaired) electrons. The molecule has 1 unspecified atom stereocenters. The predicted octanol–water partition coefficient (Wildman–Crippen LogP) is 1.98. The minimum atomic E-state index is -2.00. The third kappa shape index (κ3) is 8.74. The largest absolute Gasteiger partial charge is 0.394 e. The first-order valence-corrected chi connectivity index (χ1v) is 9.34. The van der Waals surface area contributed by atoms with Crippen LogP contribution < -0.4 is 11.5 Å². The van der Waals surface area contributed by atoms with Gasteiger partial charge in [-0.2, -0.15) is 0 Å². The Labute approximate surface area is 107 Å². The maximum atomic E-state index is 5.98. The van der Waals surface area contributed by atoms with Crippen molar-refractivity contribution in [2.45, 2.75) is 58.2 Å². The molecule has 1 atom stereocenters. The Morgan fingerprint density at radius 2 is 1.59 bits per heavy atom. The smallest absolute Gasteiger partial charge is 0.334 e. The second-order valence-electron chi connectivity index (χ2n) is 4.71. The third-order valence-electron chi connectivity index (χ3n) is 2.73. The van der Waals surface area contributed by atoms with E-state index in [0.717, 1.165) is 44.9 Å². The van der Waals surface area contributed by atoms with Gasteiger partial charge in [-0.15, -0.1) is 0 Å². The molecule has 0 saturated carbocycles. The van der Waals surface area contributed by atoms with Crippen molar-refractivity contribution in [2.24, 2.45) is 11.5 Å². The molecule has 0 amide bonds. The van der Waals surface area contributed by atoms with Gasteiger partial charge in [0.25, 0.3) is 0 Å². The van der Waals surface area contributed by atoms with E-state index in [4.69, 9.17) is 20.3 Å². The van der Waals surface area contributed by atoms with Gasteiger partial charge >= 0.3 is 8.56 Å². The van der Waals surface area contributed by atoms with E-state index in [1.807, 2.05) is 0 Å². The molecule has 104 valence electrons. The summed E-state index contributed by atoms with van der Waals surface area (Å²) >= 11 is 0. The molecular weight excluding hydrogens is 232 g/mol. The summed E-state index contributed by atoms with van der Waals surface area (Å²) in [5.41, 5.74) is 11.5. The summed E-state index contributed by atoms with van der Waals surface area (Å²) in [6, 6.07) is 1.15. The Morgan fingerprint density at radius 3 is 2.00 bits per heavy atom. The highest BCUT2D eigenvalue weighted by molar-refractivity contribution is 6.66. The Morgan fingerprint density at radius 1 is 1.06 bits per heavy atom. The van der Waals surface area contributed by atoms with Crippen LogP contribution in [0.2, 0.25) is 12.6 Å². The van der Waals surface area contributed by atoms with E-state index in [9.17, 15) is 0 Å². The van der Waals surface area contributed by atoms with E-state index in [-0.39, 0.29) is 6.04 Å². The molecule has 0 rings (SSSR count). The lowest BCUT2D eigenvalue weighted by atomic mass is 10.2. The van der Waals surface area contributed by atoms with Gasteiger partial charge in [0.15, 0.2) is 0 Å². The second kappa shape index (κ2) is 10.0. The minimum absolute atomic E-state index is 0.183. The zero-order valence-electron chi connectivity index (χ0n) is 11.7. The fourth-order valence-electron chi connectivity index (χ4n) is 1.63. The molecule has 0 aromatic heterocycles. The van der Waals surface area contributed by atoms with E-state index < -0.39 is 8.56 Å². The van der Waals surface area contributed by atoms with Gasteiger partial charge in [0, 0.05) is 19.3 Å². The topological polar surface area (TPSA) is 70.5 Å². The van der Waals surface area contributed by atoms with E-state index in [0.29, 0.717) is 6.54 Å². The molecule has 0 saturated heterocycles. The molecule has 0 bridgehead atoms. The van der Waals surface area contributed by atoms with Crippen LogP contribution in [-0.4, -0.2) is 34.4 Å². The van der Waals surface area contributed by atoms with Crippen molar-refractivity contribution in [3.05, 3.63) is 0 Å². The van der Waals surface area contributed by atoms with Crippen molar-refractivity contribution >= 4 is 8.56 Å². The van der Waals surface area contributed by atoms with Gasteiger partial charge in [-0.1, -0.05) is 13.8 Å². The summed E-state index contributed by atoms with van der Waals surface area (Å²) in [6.45, 7) is 8.62. The van der Waals surface area contributed by atoms with Crippen LogP contribution in [0.25, 0.3) is 0 Å². The summed E-state index contributed by atoms with van der Waals surface area (Å²) in [5.74, 6) is 0. The number of hydrogen-bond acceptors (Lipinski definition) is 4. The first-order chi connectivity index (χ1) is 8.08. The van der Waals surface area contributed by atoms with Crippen molar-refractivity contribution in [3.63, 3.8) is 0 Å². The van der Waals surface area contributed by atoms with Gasteiger partial charge in [0.2, 0.25) is 0 Å². The van der Waals surface area contributed by atoms with Crippen molar-refractivity contribution in [1.82, 2.24) is 0 Å². The molecule has 0 heterocycles. The van der Waals surface area contributed by atoms with Crippen molar-refractivity contribution in [2.75, 3.05) is 19.8 Å². The van der Waals surface area contributed by atoms with Crippen LogP contribution in [0.15, 0.2) is 0 Å². The molecule has 0 spiro atoms. The normalized spacial score (nSPS) is 13.9. The van der Waals surface area contributed by atoms with E-state index in [2.05, 4.69) is 20.4 Å². The molecule has 0 fully saturated rings. The summed E-state index contributed by atoms with van der Waals surface area (Å²) in [7, 11) is -2.00. The molecule has 0 aromatic rings. The summed E-state index contributed by atoms with van der Waals surface area (Å²) in [6.07, 6.45) is 3.90. The maximum Gasteiger partial charge on any atom is 0.334 e. The summed E-state index contributed by atoms with van der Waals surface area (Å²) < 4.78 is 11.9. The Hall–Kier alpha value is 0.0569. The minimum Gasteiger partial charge on any atom is -0.394 e. The van der Waals surface area contributed by atoms with Crippen LogP contribution in [0.1, 0.15) is 39.5 Å². The van der Waals surface area contributed by atoms with Crippen LogP contribution in [0.3, 0.4) is 0 Å². The molecule has 17 heavy (non-hydrogen) atoms. The molecule has 5 heteroatoms. The van der Waals surface area contributed by atoms with Crippen LogP contribution in [-0.2, 0) is 8.85 Å². The number of rotatable bonds is 11. The highest BCUT2D eigenvalue weighted by Crippen LogP contribution is 2.18. The van der Waals surface area contributed by atoms with Crippen molar-refractivity contribution < 1.29 is 8.85 Å². The molecule has 0 aliphatic carbocycles. The van der Waals surface area contributed by atoms with Crippen molar-refractivity contribution in [3.8, 4) is 0 Å². The highest BCUT2D eigenvalue weighted by atomic mass is 28.4. The lowest BCUT2D eigenvalue weighted by Gasteiger charge is -2.28. The zero-order chi connectivity index (χ0) is 13.1. The van der Waals surface area contributed by atoms with E-state index in [1.165, 1.54) is 0 Å². The van der Waals surface area contributed by atoms with Gasteiger partial charge in [-0.25, -0.2) is 0 Å². The van der Waals surface area contributed by atoms with Gasteiger partial charge in [0.1, 0.15) is 0 Å². The molecule has 4 N–H and O–H groups in total. The number of nitrogens with two attached hydrogens (primary N) is 2. The summed E-state index contributed by atoms with van der Waals surface area (Å²) in [5, 5.41) is 0. The predicted molar refractivity (Wildman–Crippen MR) is 75.2 cm³/mol. The first-order valence-electron chi connectivity index (χ1n) is 6.81. The first kappa shape index (κ1) is 17.1. The monoisotopic (exact) mass is 262 g/mol. The van der Waals surface area contributed by atoms with E-state index >= 15 is 0 Å². The SMILES string of the molecule is CCCO[Si](C)(CCC(N)CCN)OCCC. The standard InChI is InChI=1S/C12H30N2O2Si/c1-4-9-15-17(3,16-10-5-2)11-7-12(14)6-8-13/h12H,4-11,13-14H2,1-3H3. The van der Waals surface area contributed by atoms with Crippen molar-refractivity contribution in [1.29, 1.82) is 0 Å². The van der Waals surface area contributed by atoms with Gasteiger partial charge in [-0.05, 0) is 44.8 Å². The maximum absolute atomic E-state index is 5.98. The number of hydrogen-bond donors (Lipinski definition) is 2. The fraction of sp³-hybridized carbons (Fsp3) is 1.00. The Balaban J connectivity index is 4.07. The third-order valence-corrected chi connectivity index (χ3v) is 5.56. The van der Waals surface area contributed by atoms with Gasteiger partial charge in [-0.3, -0.25) is 0 Å². The second-order valence-corrected chi connectivity index (χ2v) is 8.05. The van der Waals surface area contributed by atoms with Crippen LogP contribution in [0.4, 0.5) is 0 Å². The molecule has 4 nitrogen and oxygen atoms in total. The van der Waals surface area contributed by atoms with Crippen LogP contribution in [0, 0.1) is 0 Å². The van der Waals surface area contributed by atoms with Crippen LogP contribution >= 0.6 is 0 Å².